The number of aromatic nitrogens is 3. The number of carbonyl (C=O) groups excluding carboxylic acids is 1. The Hall–Kier alpha value is -3.62. The summed E-state index contributed by atoms with van der Waals surface area (Å²) in [6.07, 6.45) is 3.52. The summed E-state index contributed by atoms with van der Waals surface area (Å²) in [6.45, 7) is 6.05. The molecule has 0 radical (unpaired) electrons. The van der Waals surface area contributed by atoms with Crippen molar-refractivity contribution in [1.82, 2.24) is 19.4 Å². The lowest BCUT2D eigenvalue weighted by Crippen LogP contribution is -2.58. The van der Waals surface area contributed by atoms with E-state index in [1.54, 1.807) is 11.3 Å². The van der Waals surface area contributed by atoms with Crippen LogP contribution < -0.4 is 10.1 Å². The molecular formula is C27H24ClN5O2S. The van der Waals surface area contributed by atoms with Crippen LogP contribution in [0.15, 0.2) is 66.4 Å². The van der Waals surface area contributed by atoms with E-state index in [4.69, 9.17) is 16.3 Å². The van der Waals surface area contributed by atoms with Crippen molar-refractivity contribution in [2.45, 2.75) is 20.4 Å². The highest BCUT2D eigenvalue weighted by Crippen LogP contribution is 2.37. The Balaban J connectivity index is 1.22. The molecule has 36 heavy (non-hydrogen) atoms. The Labute approximate surface area is 217 Å². The van der Waals surface area contributed by atoms with Crippen molar-refractivity contribution < 1.29 is 9.53 Å². The fourth-order valence-electron chi connectivity index (χ4n) is 4.64. The maximum atomic E-state index is 12.3. The molecule has 0 bridgehead atoms. The van der Waals surface area contributed by atoms with Crippen molar-refractivity contribution in [1.29, 1.82) is 0 Å². The maximum Gasteiger partial charge on any atom is 0.230 e. The zero-order chi connectivity index (χ0) is 24.9. The van der Waals surface area contributed by atoms with Gasteiger partial charge in [0.25, 0.3) is 0 Å². The monoisotopic (exact) mass is 517 g/mol. The highest BCUT2D eigenvalue weighted by atomic mass is 35.5. The van der Waals surface area contributed by atoms with Gasteiger partial charge in [-0.05, 0) is 61.7 Å². The van der Waals surface area contributed by atoms with Gasteiger partial charge >= 0.3 is 0 Å². The minimum Gasteiger partial charge on any atom is -0.455 e. The van der Waals surface area contributed by atoms with E-state index in [1.165, 1.54) is 11.0 Å². The van der Waals surface area contributed by atoms with Crippen LogP contribution in [0, 0.1) is 5.41 Å². The van der Waals surface area contributed by atoms with Gasteiger partial charge in [0, 0.05) is 41.6 Å². The van der Waals surface area contributed by atoms with E-state index < -0.39 is 0 Å². The topological polar surface area (TPSA) is 72.3 Å². The van der Waals surface area contributed by atoms with Crippen LogP contribution >= 0.6 is 22.9 Å². The van der Waals surface area contributed by atoms with Crippen molar-refractivity contribution in [3.63, 3.8) is 0 Å². The molecule has 1 aliphatic heterocycles. The fraction of sp³-hybridized carbons (Fsp3) is 0.222. The molecule has 0 saturated carbocycles. The number of thiophene rings is 1. The number of halogens is 1. The lowest BCUT2D eigenvalue weighted by atomic mass is 9.83. The lowest BCUT2D eigenvalue weighted by molar-refractivity contribution is -0.156. The summed E-state index contributed by atoms with van der Waals surface area (Å²) < 4.78 is 9.39. The molecule has 0 aliphatic carbocycles. The number of hydrogen-bond acceptors (Lipinski definition) is 6. The first kappa shape index (κ1) is 22.8. The number of fused-ring (bicyclic) bond motifs is 2. The third kappa shape index (κ3) is 4.06. The summed E-state index contributed by atoms with van der Waals surface area (Å²) in [7, 11) is 0. The van der Waals surface area contributed by atoms with Crippen LogP contribution in [0.1, 0.15) is 13.8 Å². The lowest BCUT2D eigenvalue weighted by Gasteiger charge is -2.44. The van der Waals surface area contributed by atoms with Gasteiger partial charge in [-0.25, -0.2) is 9.97 Å². The predicted molar refractivity (Wildman–Crippen MR) is 145 cm³/mol. The predicted octanol–water partition coefficient (Wildman–Crippen LogP) is 6.70. The largest absolute Gasteiger partial charge is 0.455 e. The number of ether oxygens (including phenoxy) is 1. The van der Waals surface area contributed by atoms with Crippen molar-refractivity contribution in [3.05, 3.63) is 71.5 Å². The first-order valence-corrected chi connectivity index (χ1v) is 12.9. The Bertz CT molecular complexity index is 1610. The molecule has 6 rings (SSSR count). The van der Waals surface area contributed by atoms with Gasteiger partial charge < -0.3 is 19.5 Å². The van der Waals surface area contributed by atoms with E-state index in [9.17, 15) is 4.79 Å². The van der Waals surface area contributed by atoms with Crippen LogP contribution in [-0.2, 0) is 11.3 Å². The number of nitrogens with one attached hydrogen (secondary N) is 1. The average molecular weight is 518 g/mol. The van der Waals surface area contributed by atoms with Gasteiger partial charge in [0.1, 0.15) is 23.3 Å². The molecule has 4 heterocycles. The second-order valence-electron chi connectivity index (χ2n) is 9.54. The Morgan fingerprint density at radius 3 is 2.81 bits per heavy atom. The summed E-state index contributed by atoms with van der Waals surface area (Å²) >= 11 is 8.28. The van der Waals surface area contributed by atoms with Crippen molar-refractivity contribution in [2.75, 3.05) is 18.4 Å². The number of amides is 1. The van der Waals surface area contributed by atoms with Gasteiger partial charge in [0.2, 0.25) is 5.91 Å². The molecule has 1 aliphatic rings. The van der Waals surface area contributed by atoms with Crippen LogP contribution in [0.25, 0.3) is 21.1 Å². The quantitative estimate of drug-likeness (QED) is 0.243. The molecule has 3 aromatic heterocycles. The average Bonchev–Trinajstić information content (AvgIpc) is 3.51. The number of hydrogen-bond donors (Lipinski definition) is 1. The van der Waals surface area contributed by atoms with Crippen molar-refractivity contribution in [2.24, 2.45) is 5.41 Å². The Morgan fingerprint density at radius 2 is 2.00 bits per heavy atom. The standard InChI is InChI=1S/C27H24ClN5O2S/c1-27(2)15-33(26(27)34)12-11-32-10-8-20-24(32)25(30-16-29-20)31-17-6-7-22(19(28)14-17)35-21-4-3-5-23-18(21)9-13-36-23/h3-10,13-14,16H,11-12,15H2,1-2H3,(H,29,30,31). The van der Waals surface area contributed by atoms with E-state index in [-0.39, 0.29) is 11.3 Å². The molecular weight excluding hydrogens is 494 g/mol. The van der Waals surface area contributed by atoms with E-state index in [1.807, 2.05) is 72.8 Å². The van der Waals surface area contributed by atoms with E-state index in [2.05, 4.69) is 25.9 Å². The zero-order valence-electron chi connectivity index (χ0n) is 19.9. The number of β-lactam (4-membered cyclic amide) rings is 1. The fourth-order valence-corrected chi connectivity index (χ4v) is 5.67. The maximum absolute atomic E-state index is 12.3. The number of nitrogens with zero attached hydrogens (tertiary/aromatic N) is 4. The molecule has 2 aromatic carbocycles. The molecule has 182 valence electrons. The van der Waals surface area contributed by atoms with Crippen molar-refractivity contribution >= 4 is 61.5 Å². The van der Waals surface area contributed by atoms with Gasteiger partial charge in [0.05, 0.1) is 16.0 Å². The summed E-state index contributed by atoms with van der Waals surface area (Å²) in [6, 6.07) is 15.6. The van der Waals surface area contributed by atoms with Crippen LogP contribution in [0.4, 0.5) is 11.5 Å². The van der Waals surface area contributed by atoms with E-state index in [0.717, 1.165) is 34.4 Å². The number of carbonyl (C=O) groups is 1. The first-order chi connectivity index (χ1) is 17.4. The third-order valence-electron chi connectivity index (χ3n) is 6.48. The minimum atomic E-state index is -0.250. The molecule has 5 aromatic rings. The SMILES string of the molecule is CC1(C)CN(CCn2ccc3ncnc(Nc4ccc(Oc5cccc6sccc56)c(Cl)c4)c32)C1=O. The summed E-state index contributed by atoms with van der Waals surface area (Å²) in [5.74, 6) is 2.23. The molecule has 0 atom stereocenters. The van der Waals surface area contributed by atoms with Crippen LogP contribution in [-0.4, -0.2) is 38.4 Å². The van der Waals surface area contributed by atoms with Gasteiger partial charge in [-0.15, -0.1) is 11.3 Å². The molecule has 7 nitrogen and oxygen atoms in total. The molecule has 0 spiro atoms. The smallest absolute Gasteiger partial charge is 0.230 e. The molecule has 0 unspecified atom stereocenters. The Morgan fingerprint density at radius 1 is 1.11 bits per heavy atom. The minimum absolute atomic E-state index is 0.195. The zero-order valence-corrected chi connectivity index (χ0v) is 21.4. The molecule has 1 amide bonds. The van der Waals surface area contributed by atoms with E-state index >= 15 is 0 Å². The van der Waals surface area contributed by atoms with Gasteiger partial charge in [-0.3, -0.25) is 4.79 Å². The third-order valence-corrected chi connectivity index (χ3v) is 7.66. The van der Waals surface area contributed by atoms with Gasteiger partial charge in [-0.2, -0.15) is 0 Å². The summed E-state index contributed by atoms with van der Waals surface area (Å²) in [5, 5.41) is 6.98. The van der Waals surface area contributed by atoms with Crippen LogP contribution in [0.3, 0.4) is 0 Å². The van der Waals surface area contributed by atoms with Crippen molar-refractivity contribution in [3.8, 4) is 11.5 Å². The summed E-state index contributed by atoms with van der Waals surface area (Å²) in [5.41, 5.74) is 2.25. The molecule has 9 heteroatoms. The second-order valence-corrected chi connectivity index (χ2v) is 10.9. The van der Waals surface area contributed by atoms with Gasteiger partial charge in [-0.1, -0.05) is 17.7 Å². The highest BCUT2D eigenvalue weighted by molar-refractivity contribution is 7.17. The molecule has 1 saturated heterocycles. The number of benzene rings is 2. The number of rotatable bonds is 7. The number of likely N-dealkylation sites (tertiary alicyclic amines) is 1. The molecule has 1 N–H and O–H groups in total. The Kier molecular flexibility index (Phi) is 5.58. The highest BCUT2D eigenvalue weighted by Gasteiger charge is 2.43. The van der Waals surface area contributed by atoms with E-state index in [0.29, 0.717) is 29.7 Å². The van der Waals surface area contributed by atoms with Crippen LogP contribution in [0.2, 0.25) is 5.02 Å². The molecule has 1 fully saturated rings. The van der Waals surface area contributed by atoms with Gasteiger partial charge in [0.15, 0.2) is 5.82 Å². The second kappa shape index (κ2) is 8.80. The van der Waals surface area contributed by atoms with Crippen LogP contribution in [0.5, 0.6) is 11.5 Å². The normalized spacial score (nSPS) is 14.9. The summed E-state index contributed by atoms with van der Waals surface area (Å²) in [4.78, 5) is 23.1. The number of anilines is 2. The first-order valence-electron chi connectivity index (χ1n) is 11.7.